The van der Waals surface area contributed by atoms with E-state index in [1.807, 2.05) is 23.3 Å². The number of carbonyl (C=O) groups excluding carboxylic acids is 1. The van der Waals surface area contributed by atoms with Crippen molar-refractivity contribution in [2.24, 2.45) is 5.92 Å². The van der Waals surface area contributed by atoms with Crippen molar-refractivity contribution < 1.29 is 4.79 Å². The zero-order valence-electron chi connectivity index (χ0n) is 13.0. The number of nitrogens with zero attached hydrogens (tertiary/aromatic N) is 2. The van der Waals surface area contributed by atoms with Crippen molar-refractivity contribution in [3.63, 3.8) is 0 Å². The number of nitrogens with one attached hydrogen (secondary N) is 1. The van der Waals surface area contributed by atoms with Gasteiger partial charge in [-0.25, -0.2) is 4.79 Å². The Labute approximate surface area is 131 Å². The number of hydrogen-bond acceptors (Lipinski definition) is 3. The lowest BCUT2D eigenvalue weighted by Gasteiger charge is -2.28. The fraction of sp³-hybridized carbons (Fsp3) is 0.688. The topological polar surface area (TPSA) is 35.6 Å². The van der Waals surface area contributed by atoms with Crippen LogP contribution in [0.3, 0.4) is 0 Å². The maximum atomic E-state index is 12.1. The van der Waals surface area contributed by atoms with Gasteiger partial charge >= 0.3 is 6.03 Å². The van der Waals surface area contributed by atoms with Gasteiger partial charge < -0.3 is 10.2 Å². The van der Waals surface area contributed by atoms with E-state index in [4.69, 9.17) is 0 Å². The standard InChI is InChI=1S/C16H25N3OS/c1-12(13-3-4-13)18(2)16(20)17-7-9-19-8-5-15-14(11-19)6-10-21-15/h6,10,12-13H,3-5,7-9,11H2,1-2H3,(H,17,20). The molecule has 0 bridgehead atoms. The summed E-state index contributed by atoms with van der Waals surface area (Å²) in [6, 6.07) is 2.67. The first-order chi connectivity index (χ1) is 10.1. The van der Waals surface area contributed by atoms with Gasteiger partial charge in [0.1, 0.15) is 0 Å². The Kier molecular flexibility index (Phi) is 4.50. The molecule has 0 spiro atoms. The van der Waals surface area contributed by atoms with E-state index in [2.05, 4.69) is 28.6 Å². The fourth-order valence-electron chi connectivity index (χ4n) is 3.02. The number of urea groups is 1. The van der Waals surface area contributed by atoms with Gasteiger partial charge in [-0.15, -0.1) is 11.3 Å². The minimum absolute atomic E-state index is 0.0719. The van der Waals surface area contributed by atoms with Crippen LogP contribution in [-0.4, -0.2) is 48.6 Å². The second-order valence-corrected chi connectivity index (χ2v) is 7.32. The van der Waals surface area contributed by atoms with Crippen molar-refractivity contribution in [1.29, 1.82) is 0 Å². The fourth-order valence-corrected chi connectivity index (χ4v) is 3.91. The summed E-state index contributed by atoms with van der Waals surface area (Å²) in [5.74, 6) is 0.722. The van der Waals surface area contributed by atoms with Crippen molar-refractivity contribution in [3.8, 4) is 0 Å². The molecule has 1 unspecified atom stereocenters. The van der Waals surface area contributed by atoms with Gasteiger partial charge in [0.2, 0.25) is 0 Å². The summed E-state index contributed by atoms with van der Waals surface area (Å²) in [4.78, 5) is 17.9. The summed E-state index contributed by atoms with van der Waals surface area (Å²) in [5, 5.41) is 5.24. The van der Waals surface area contributed by atoms with Crippen LogP contribution in [0.1, 0.15) is 30.2 Å². The van der Waals surface area contributed by atoms with Crippen molar-refractivity contribution in [2.75, 3.05) is 26.7 Å². The first-order valence-corrected chi connectivity index (χ1v) is 8.81. The first-order valence-electron chi connectivity index (χ1n) is 7.93. The van der Waals surface area contributed by atoms with Crippen LogP contribution in [0.2, 0.25) is 0 Å². The Balaban J connectivity index is 1.39. The highest BCUT2D eigenvalue weighted by Gasteiger charge is 2.32. The van der Waals surface area contributed by atoms with Gasteiger partial charge in [-0.3, -0.25) is 4.90 Å². The number of carbonyl (C=O) groups is 1. The highest BCUT2D eigenvalue weighted by Crippen LogP contribution is 2.34. The van der Waals surface area contributed by atoms with E-state index in [1.54, 1.807) is 0 Å². The third kappa shape index (κ3) is 3.58. The molecule has 0 aromatic carbocycles. The van der Waals surface area contributed by atoms with Crippen LogP contribution in [-0.2, 0) is 13.0 Å². The molecular formula is C16H25N3OS. The minimum atomic E-state index is 0.0719. The van der Waals surface area contributed by atoms with E-state index in [0.29, 0.717) is 6.04 Å². The van der Waals surface area contributed by atoms with Crippen molar-refractivity contribution >= 4 is 17.4 Å². The van der Waals surface area contributed by atoms with Crippen molar-refractivity contribution in [2.45, 2.75) is 38.8 Å². The van der Waals surface area contributed by atoms with Crippen LogP contribution in [0, 0.1) is 5.92 Å². The smallest absolute Gasteiger partial charge is 0.317 e. The Morgan fingerprint density at radius 3 is 3.14 bits per heavy atom. The molecule has 1 aromatic heterocycles. The molecule has 0 radical (unpaired) electrons. The monoisotopic (exact) mass is 307 g/mol. The van der Waals surface area contributed by atoms with E-state index < -0.39 is 0 Å². The minimum Gasteiger partial charge on any atom is -0.337 e. The molecule has 1 aliphatic heterocycles. The lowest BCUT2D eigenvalue weighted by molar-refractivity contribution is 0.184. The number of amides is 2. The maximum absolute atomic E-state index is 12.1. The molecule has 2 amide bonds. The highest BCUT2D eigenvalue weighted by atomic mass is 32.1. The van der Waals surface area contributed by atoms with Gasteiger partial charge in [-0.05, 0) is 49.1 Å². The molecular weight excluding hydrogens is 282 g/mol. The predicted octanol–water partition coefficient (Wildman–Crippen LogP) is 2.55. The van der Waals surface area contributed by atoms with Crippen LogP contribution in [0.4, 0.5) is 4.79 Å². The van der Waals surface area contributed by atoms with E-state index in [-0.39, 0.29) is 6.03 Å². The third-order valence-corrected chi connectivity index (χ3v) is 5.85. The molecule has 2 heterocycles. The highest BCUT2D eigenvalue weighted by molar-refractivity contribution is 7.10. The molecule has 1 fully saturated rings. The van der Waals surface area contributed by atoms with E-state index in [9.17, 15) is 4.79 Å². The zero-order valence-corrected chi connectivity index (χ0v) is 13.8. The summed E-state index contributed by atoms with van der Waals surface area (Å²) in [6.45, 7) is 5.97. The summed E-state index contributed by atoms with van der Waals surface area (Å²) in [7, 11) is 1.91. The molecule has 1 saturated carbocycles. The third-order valence-electron chi connectivity index (χ3n) is 4.83. The summed E-state index contributed by atoms with van der Waals surface area (Å²) < 4.78 is 0. The molecule has 0 saturated heterocycles. The Morgan fingerprint density at radius 2 is 2.38 bits per heavy atom. The van der Waals surface area contributed by atoms with E-state index in [0.717, 1.165) is 38.5 Å². The number of fused-ring (bicyclic) bond motifs is 1. The Bertz CT molecular complexity index is 497. The first kappa shape index (κ1) is 14.9. The van der Waals surface area contributed by atoms with Crippen LogP contribution in [0.15, 0.2) is 11.4 Å². The Hall–Kier alpha value is -1.07. The van der Waals surface area contributed by atoms with Crippen molar-refractivity contribution in [3.05, 3.63) is 21.9 Å². The van der Waals surface area contributed by atoms with Crippen LogP contribution in [0.25, 0.3) is 0 Å². The molecule has 1 aromatic rings. The lowest BCUT2D eigenvalue weighted by Crippen LogP contribution is -2.45. The molecule has 1 atom stereocenters. The Morgan fingerprint density at radius 1 is 1.57 bits per heavy atom. The average molecular weight is 307 g/mol. The molecule has 2 aliphatic rings. The average Bonchev–Trinajstić information content (AvgIpc) is 3.23. The largest absolute Gasteiger partial charge is 0.337 e. The SMILES string of the molecule is CC(C1CC1)N(C)C(=O)NCCN1CCc2sccc2C1. The van der Waals surface area contributed by atoms with Gasteiger partial charge in [0.25, 0.3) is 0 Å². The molecule has 5 heteroatoms. The molecule has 4 nitrogen and oxygen atoms in total. The van der Waals surface area contributed by atoms with Gasteiger partial charge in [0, 0.05) is 44.1 Å². The zero-order chi connectivity index (χ0) is 14.8. The number of hydrogen-bond donors (Lipinski definition) is 1. The number of rotatable bonds is 5. The van der Waals surface area contributed by atoms with E-state index >= 15 is 0 Å². The molecule has 3 rings (SSSR count). The van der Waals surface area contributed by atoms with Gasteiger partial charge in [0.05, 0.1) is 0 Å². The predicted molar refractivity (Wildman–Crippen MR) is 86.6 cm³/mol. The maximum Gasteiger partial charge on any atom is 0.317 e. The molecule has 21 heavy (non-hydrogen) atoms. The van der Waals surface area contributed by atoms with Crippen LogP contribution >= 0.6 is 11.3 Å². The quantitative estimate of drug-likeness (QED) is 0.907. The number of thiophene rings is 1. The summed E-state index contributed by atoms with van der Waals surface area (Å²) in [5.41, 5.74) is 1.47. The van der Waals surface area contributed by atoms with Gasteiger partial charge in [-0.2, -0.15) is 0 Å². The molecule has 116 valence electrons. The van der Waals surface area contributed by atoms with Gasteiger partial charge in [0.15, 0.2) is 0 Å². The summed E-state index contributed by atoms with van der Waals surface area (Å²) in [6.07, 6.45) is 3.70. The second-order valence-electron chi connectivity index (χ2n) is 6.32. The summed E-state index contributed by atoms with van der Waals surface area (Å²) >= 11 is 1.87. The normalized spacial score (nSPS) is 19.9. The van der Waals surface area contributed by atoms with E-state index in [1.165, 1.54) is 23.3 Å². The van der Waals surface area contributed by atoms with Crippen LogP contribution < -0.4 is 5.32 Å². The van der Waals surface area contributed by atoms with Gasteiger partial charge in [-0.1, -0.05) is 0 Å². The molecule has 1 aliphatic carbocycles. The van der Waals surface area contributed by atoms with Crippen molar-refractivity contribution in [1.82, 2.24) is 15.1 Å². The van der Waals surface area contributed by atoms with Crippen LogP contribution in [0.5, 0.6) is 0 Å². The lowest BCUT2D eigenvalue weighted by atomic mass is 10.1. The molecule has 1 N–H and O–H groups in total. The second kappa shape index (κ2) is 6.36.